The Morgan fingerprint density at radius 2 is 1.59 bits per heavy atom. The zero-order valence-corrected chi connectivity index (χ0v) is 22.6. The van der Waals surface area contributed by atoms with Crippen LogP contribution in [-0.2, 0) is 14.3 Å². The van der Waals surface area contributed by atoms with E-state index in [-0.39, 0.29) is 17.3 Å². The quantitative estimate of drug-likeness (QED) is 0.335. The van der Waals surface area contributed by atoms with Crippen LogP contribution in [0.2, 0.25) is 0 Å². The highest BCUT2D eigenvalue weighted by Crippen LogP contribution is 2.34. The van der Waals surface area contributed by atoms with Gasteiger partial charge in [-0.05, 0) is 32.0 Å². The average molecular weight is 537 g/mol. The fourth-order valence-electron chi connectivity index (χ4n) is 5.19. The molecule has 0 bridgehead atoms. The first-order valence-corrected chi connectivity index (χ1v) is 13.5. The number of ketones is 2. The summed E-state index contributed by atoms with van der Waals surface area (Å²) >= 11 is 0. The Kier molecular flexibility index (Phi) is 8.70. The van der Waals surface area contributed by atoms with Crippen LogP contribution in [0, 0.1) is 0 Å². The van der Waals surface area contributed by atoms with Gasteiger partial charge in [-0.25, -0.2) is 9.97 Å². The van der Waals surface area contributed by atoms with E-state index in [1.165, 1.54) is 44.4 Å². The van der Waals surface area contributed by atoms with Gasteiger partial charge < -0.3 is 29.3 Å². The normalized spacial score (nSPS) is 18.9. The topological polar surface area (TPSA) is 109 Å². The number of rotatable bonds is 11. The fourth-order valence-corrected chi connectivity index (χ4v) is 5.19. The molecule has 11 heteroatoms. The maximum absolute atomic E-state index is 13.1. The van der Waals surface area contributed by atoms with Crippen LogP contribution in [0.3, 0.4) is 0 Å². The first-order chi connectivity index (χ1) is 19.1. The van der Waals surface area contributed by atoms with Gasteiger partial charge in [0.2, 0.25) is 11.6 Å². The summed E-state index contributed by atoms with van der Waals surface area (Å²) in [5.41, 5.74) is 1.24. The highest BCUT2D eigenvalue weighted by Gasteiger charge is 2.28. The number of carbonyl (C=O) groups is 2. The first-order valence-electron chi connectivity index (χ1n) is 13.5. The van der Waals surface area contributed by atoms with Crippen molar-refractivity contribution in [1.29, 1.82) is 0 Å². The molecule has 2 aromatic rings. The fraction of sp³-hybridized carbons (Fsp3) is 0.500. The number of fused-ring (bicyclic) bond motifs is 1. The molecule has 39 heavy (non-hydrogen) atoms. The molecule has 2 saturated heterocycles. The summed E-state index contributed by atoms with van der Waals surface area (Å²) in [5.74, 6) is 0.973. The van der Waals surface area contributed by atoms with Crippen LogP contribution in [0.25, 0.3) is 10.9 Å². The molecule has 1 aliphatic carbocycles. The number of likely N-dealkylation sites (tertiary alicyclic amines) is 1. The van der Waals surface area contributed by atoms with Crippen molar-refractivity contribution in [3.05, 3.63) is 42.0 Å². The molecule has 0 atom stereocenters. The molecular formula is C28H36N6O5. The van der Waals surface area contributed by atoms with Gasteiger partial charge in [0.15, 0.2) is 11.5 Å². The maximum Gasteiger partial charge on any atom is 0.204 e. The maximum atomic E-state index is 13.1. The Morgan fingerprint density at radius 3 is 2.31 bits per heavy atom. The molecule has 0 spiro atoms. The molecule has 0 amide bonds. The molecule has 0 unspecified atom stereocenters. The van der Waals surface area contributed by atoms with Crippen molar-refractivity contribution in [2.45, 2.75) is 12.8 Å². The van der Waals surface area contributed by atoms with Gasteiger partial charge in [0.25, 0.3) is 0 Å². The molecule has 208 valence electrons. The van der Waals surface area contributed by atoms with E-state index < -0.39 is 0 Å². The number of allylic oxidation sites excluding steroid dienone is 2. The molecule has 5 rings (SSSR count). The van der Waals surface area contributed by atoms with Crippen molar-refractivity contribution in [3.8, 4) is 11.5 Å². The van der Waals surface area contributed by atoms with Crippen LogP contribution >= 0.6 is 0 Å². The summed E-state index contributed by atoms with van der Waals surface area (Å²) in [6.45, 7) is 8.58. The Bertz CT molecular complexity index is 1260. The minimum absolute atomic E-state index is 0.174. The van der Waals surface area contributed by atoms with E-state index >= 15 is 0 Å². The number of methoxy groups -OCH3 is 2. The van der Waals surface area contributed by atoms with Gasteiger partial charge in [-0.1, -0.05) is 0 Å². The van der Waals surface area contributed by atoms with Crippen LogP contribution in [0.5, 0.6) is 11.5 Å². The Balaban J connectivity index is 1.23. The molecule has 1 N–H and O–H groups in total. The molecule has 3 aliphatic rings. The van der Waals surface area contributed by atoms with E-state index in [9.17, 15) is 9.59 Å². The second kappa shape index (κ2) is 12.5. The van der Waals surface area contributed by atoms with E-state index in [1.807, 2.05) is 4.90 Å². The molecule has 2 aliphatic heterocycles. The van der Waals surface area contributed by atoms with E-state index in [1.54, 1.807) is 26.4 Å². The second-order valence-corrected chi connectivity index (χ2v) is 9.90. The third kappa shape index (κ3) is 6.38. The number of nitrogens with one attached hydrogen (secondary N) is 1. The predicted molar refractivity (Wildman–Crippen MR) is 147 cm³/mol. The largest absolute Gasteiger partial charge is 0.493 e. The lowest BCUT2D eigenvalue weighted by molar-refractivity contribution is -0.116. The van der Waals surface area contributed by atoms with Crippen LogP contribution in [0.15, 0.2) is 42.0 Å². The highest BCUT2D eigenvalue weighted by atomic mass is 16.5. The van der Waals surface area contributed by atoms with Gasteiger partial charge >= 0.3 is 0 Å². The number of nitrogens with zero attached hydrogens (tertiary/aromatic N) is 5. The zero-order valence-electron chi connectivity index (χ0n) is 22.6. The molecule has 1 aromatic heterocycles. The molecule has 0 saturated carbocycles. The number of hydrogen-bond acceptors (Lipinski definition) is 11. The van der Waals surface area contributed by atoms with Crippen molar-refractivity contribution in [3.63, 3.8) is 0 Å². The number of aromatic nitrogens is 2. The molecule has 1 aromatic carbocycles. The SMILES string of the molecule is COCCOc1cc2ncnc(NC3=CC(=O)C(N4CCN(CCN5CCCC5)CC4)=CC3=O)c2cc1OC. The molecule has 11 nitrogen and oxygen atoms in total. The smallest absolute Gasteiger partial charge is 0.204 e. The average Bonchev–Trinajstić information content (AvgIpc) is 3.48. The van der Waals surface area contributed by atoms with Gasteiger partial charge in [-0.3, -0.25) is 14.5 Å². The van der Waals surface area contributed by atoms with Crippen LogP contribution in [-0.4, -0.2) is 116 Å². The van der Waals surface area contributed by atoms with Gasteiger partial charge in [0.1, 0.15) is 18.8 Å². The predicted octanol–water partition coefficient (Wildman–Crippen LogP) is 1.71. The van der Waals surface area contributed by atoms with E-state index in [4.69, 9.17) is 14.2 Å². The summed E-state index contributed by atoms with van der Waals surface area (Å²) in [6.07, 6.45) is 6.81. The lowest BCUT2D eigenvalue weighted by Crippen LogP contribution is -2.49. The molecule has 2 fully saturated rings. The third-order valence-electron chi connectivity index (χ3n) is 7.42. The van der Waals surface area contributed by atoms with Crippen molar-refractivity contribution in [1.82, 2.24) is 24.7 Å². The standard InChI is InChI=1S/C28H36N6O5/c1-37-13-14-39-27-17-21-20(15-26(27)38-2)28(30-19-29-21)31-22-16-25(36)23(18-24(22)35)34-11-9-33(10-12-34)8-7-32-5-3-4-6-32/h15-19H,3-14H2,1-2H3,(H,29,30,31). The lowest BCUT2D eigenvalue weighted by atomic mass is 10.0. The number of piperazine rings is 1. The van der Waals surface area contributed by atoms with Crippen LogP contribution < -0.4 is 14.8 Å². The van der Waals surface area contributed by atoms with E-state index in [2.05, 4.69) is 25.1 Å². The summed E-state index contributed by atoms with van der Waals surface area (Å²) in [6, 6.07) is 3.50. The van der Waals surface area contributed by atoms with Gasteiger partial charge in [-0.2, -0.15) is 0 Å². The van der Waals surface area contributed by atoms with Gasteiger partial charge in [0.05, 0.1) is 30.6 Å². The Hall–Kier alpha value is -3.54. The van der Waals surface area contributed by atoms with E-state index in [0.717, 1.165) is 39.3 Å². The zero-order chi connectivity index (χ0) is 27.2. The lowest BCUT2D eigenvalue weighted by Gasteiger charge is -2.37. The van der Waals surface area contributed by atoms with Gasteiger partial charge in [0, 0.05) is 70.0 Å². The summed E-state index contributed by atoms with van der Waals surface area (Å²) < 4.78 is 16.3. The Morgan fingerprint density at radius 1 is 0.846 bits per heavy atom. The van der Waals surface area contributed by atoms with Crippen molar-refractivity contribution >= 4 is 28.3 Å². The number of carbonyl (C=O) groups excluding carboxylic acids is 2. The molecule has 3 heterocycles. The number of anilines is 1. The highest BCUT2D eigenvalue weighted by molar-refractivity contribution is 6.21. The molecule has 0 radical (unpaired) electrons. The molecular weight excluding hydrogens is 500 g/mol. The summed E-state index contributed by atoms with van der Waals surface area (Å²) in [7, 11) is 3.15. The summed E-state index contributed by atoms with van der Waals surface area (Å²) in [5, 5.41) is 3.68. The number of benzene rings is 1. The minimum Gasteiger partial charge on any atom is -0.493 e. The van der Waals surface area contributed by atoms with Gasteiger partial charge in [-0.15, -0.1) is 0 Å². The number of hydrogen-bond donors (Lipinski definition) is 1. The van der Waals surface area contributed by atoms with E-state index in [0.29, 0.717) is 47.1 Å². The minimum atomic E-state index is -0.265. The third-order valence-corrected chi connectivity index (χ3v) is 7.42. The summed E-state index contributed by atoms with van der Waals surface area (Å²) in [4.78, 5) is 41.8. The first kappa shape index (κ1) is 27.0. The van der Waals surface area contributed by atoms with Crippen molar-refractivity contribution in [2.24, 2.45) is 0 Å². The van der Waals surface area contributed by atoms with Crippen molar-refractivity contribution < 1.29 is 23.8 Å². The van der Waals surface area contributed by atoms with Crippen LogP contribution in [0.1, 0.15) is 12.8 Å². The number of ether oxygens (including phenoxy) is 3. The van der Waals surface area contributed by atoms with Crippen LogP contribution in [0.4, 0.5) is 5.82 Å². The van der Waals surface area contributed by atoms with Crippen molar-refractivity contribution in [2.75, 3.05) is 85.1 Å². The monoisotopic (exact) mass is 536 g/mol. The second-order valence-electron chi connectivity index (χ2n) is 9.90. The Labute approximate surface area is 228 Å².